The van der Waals surface area contributed by atoms with Gasteiger partial charge in [0.15, 0.2) is 0 Å². The van der Waals surface area contributed by atoms with E-state index in [1.54, 1.807) is 18.5 Å². The predicted octanol–water partition coefficient (Wildman–Crippen LogP) is 2.25. The van der Waals surface area contributed by atoms with Crippen molar-refractivity contribution in [2.75, 3.05) is 0 Å². The van der Waals surface area contributed by atoms with Crippen molar-refractivity contribution in [2.24, 2.45) is 0 Å². The van der Waals surface area contributed by atoms with Gasteiger partial charge in [0.1, 0.15) is 0 Å². The summed E-state index contributed by atoms with van der Waals surface area (Å²) in [5.74, 6) is -0.0539. The van der Waals surface area contributed by atoms with E-state index in [1.807, 2.05) is 31.2 Å². The summed E-state index contributed by atoms with van der Waals surface area (Å²) in [4.78, 5) is 14.5. The molecule has 0 aliphatic rings. The van der Waals surface area contributed by atoms with Gasteiger partial charge in [-0.2, -0.15) is 0 Å². The lowest BCUT2D eigenvalue weighted by molar-refractivity contribution is 0.0951. The molecule has 0 bridgehead atoms. The Balaban J connectivity index is 1.93. The third kappa shape index (κ3) is 2.51. The minimum Gasteiger partial charge on any atom is -0.367 e. The lowest BCUT2D eigenvalue weighted by Gasteiger charge is -2.04. The van der Waals surface area contributed by atoms with Crippen LogP contribution in [0.4, 0.5) is 0 Å². The molecule has 0 fully saturated rings. The number of H-pyrrole nitrogens is 1. The van der Waals surface area contributed by atoms with Crippen molar-refractivity contribution in [2.45, 2.75) is 13.5 Å². The molecule has 1 amide bonds. The molecule has 0 spiro atoms. The molecule has 0 aliphatic heterocycles. The van der Waals surface area contributed by atoms with E-state index in [0.29, 0.717) is 12.1 Å². The first kappa shape index (κ1) is 10.5. The topological polar surface area (TPSA) is 44.9 Å². The summed E-state index contributed by atoms with van der Waals surface area (Å²) in [7, 11) is 0. The predicted molar refractivity (Wildman–Crippen MR) is 63.1 cm³/mol. The van der Waals surface area contributed by atoms with Crippen LogP contribution in [0.3, 0.4) is 0 Å². The number of aromatic nitrogens is 1. The lowest BCUT2D eigenvalue weighted by atomic mass is 10.1. The molecule has 2 N–H and O–H groups in total. The lowest BCUT2D eigenvalue weighted by Crippen LogP contribution is -2.22. The van der Waals surface area contributed by atoms with E-state index in [0.717, 1.165) is 5.56 Å². The van der Waals surface area contributed by atoms with Crippen LogP contribution in [-0.4, -0.2) is 10.9 Å². The number of carbonyl (C=O) groups is 1. The van der Waals surface area contributed by atoms with Crippen LogP contribution < -0.4 is 5.32 Å². The number of rotatable bonds is 3. The van der Waals surface area contributed by atoms with Crippen LogP contribution in [0.1, 0.15) is 21.5 Å². The fraction of sp³-hybridized carbons (Fsp3) is 0.154. The van der Waals surface area contributed by atoms with Gasteiger partial charge in [0.2, 0.25) is 0 Å². The van der Waals surface area contributed by atoms with Crippen molar-refractivity contribution < 1.29 is 4.79 Å². The summed E-state index contributed by atoms with van der Waals surface area (Å²) in [5, 5.41) is 2.86. The minimum atomic E-state index is -0.0539. The first-order valence-corrected chi connectivity index (χ1v) is 5.22. The van der Waals surface area contributed by atoms with Gasteiger partial charge >= 0.3 is 0 Å². The molecule has 1 aromatic heterocycles. The van der Waals surface area contributed by atoms with Gasteiger partial charge in [-0.1, -0.05) is 29.8 Å². The number of benzene rings is 1. The molecule has 1 heterocycles. The Labute approximate surface area is 94.5 Å². The molecule has 0 aliphatic carbocycles. The van der Waals surface area contributed by atoms with Gasteiger partial charge < -0.3 is 10.3 Å². The summed E-state index contributed by atoms with van der Waals surface area (Å²) < 4.78 is 0. The zero-order chi connectivity index (χ0) is 11.4. The molecule has 1 aromatic carbocycles. The van der Waals surface area contributed by atoms with Crippen LogP contribution in [0.25, 0.3) is 0 Å². The summed E-state index contributed by atoms with van der Waals surface area (Å²) in [6.07, 6.45) is 3.42. The fourth-order valence-electron chi connectivity index (χ4n) is 1.46. The third-order valence-electron chi connectivity index (χ3n) is 2.43. The molecule has 3 nitrogen and oxygen atoms in total. The second-order valence-corrected chi connectivity index (χ2v) is 3.77. The Morgan fingerprint density at radius 1 is 1.25 bits per heavy atom. The van der Waals surface area contributed by atoms with E-state index in [9.17, 15) is 4.79 Å². The molecule has 0 atom stereocenters. The number of amides is 1. The van der Waals surface area contributed by atoms with Crippen LogP contribution in [-0.2, 0) is 6.54 Å². The normalized spacial score (nSPS) is 10.1. The molecule has 16 heavy (non-hydrogen) atoms. The maximum absolute atomic E-state index is 11.6. The molecule has 0 saturated carbocycles. The third-order valence-corrected chi connectivity index (χ3v) is 2.43. The van der Waals surface area contributed by atoms with Crippen molar-refractivity contribution >= 4 is 5.91 Å². The largest absolute Gasteiger partial charge is 0.367 e. The molecule has 82 valence electrons. The van der Waals surface area contributed by atoms with E-state index in [2.05, 4.69) is 10.3 Å². The van der Waals surface area contributed by atoms with E-state index >= 15 is 0 Å². The van der Waals surface area contributed by atoms with Gasteiger partial charge in [-0.25, -0.2) is 0 Å². The van der Waals surface area contributed by atoms with Crippen molar-refractivity contribution in [3.63, 3.8) is 0 Å². The molecule has 3 heteroatoms. The average Bonchev–Trinajstić information content (AvgIpc) is 2.81. The first-order valence-electron chi connectivity index (χ1n) is 5.22. The summed E-state index contributed by atoms with van der Waals surface area (Å²) >= 11 is 0. The highest BCUT2D eigenvalue weighted by atomic mass is 16.1. The van der Waals surface area contributed by atoms with Crippen LogP contribution in [0, 0.1) is 6.92 Å². The fourth-order valence-corrected chi connectivity index (χ4v) is 1.46. The Bertz CT molecular complexity index is 457. The molecule has 2 aromatic rings. The van der Waals surface area contributed by atoms with Crippen molar-refractivity contribution in [3.05, 3.63) is 59.4 Å². The highest BCUT2D eigenvalue weighted by Gasteiger charge is 2.04. The molecular weight excluding hydrogens is 200 g/mol. The van der Waals surface area contributed by atoms with Crippen LogP contribution in [0.5, 0.6) is 0 Å². The zero-order valence-electron chi connectivity index (χ0n) is 9.16. The molecule has 0 radical (unpaired) electrons. The Morgan fingerprint density at radius 2 is 2.00 bits per heavy atom. The van der Waals surface area contributed by atoms with Gasteiger partial charge in [0, 0.05) is 18.9 Å². The maximum Gasteiger partial charge on any atom is 0.253 e. The quantitative estimate of drug-likeness (QED) is 0.808. The van der Waals surface area contributed by atoms with E-state index in [1.165, 1.54) is 5.56 Å². The second-order valence-electron chi connectivity index (χ2n) is 3.77. The van der Waals surface area contributed by atoms with E-state index in [4.69, 9.17) is 0 Å². The first-order chi connectivity index (χ1) is 7.75. The highest BCUT2D eigenvalue weighted by molar-refractivity contribution is 5.93. The van der Waals surface area contributed by atoms with Crippen LogP contribution >= 0.6 is 0 Å². The minimum absolute atomic E-state index is 0.0539. The number of hydrogen-bond acceptors (Lipinski definition) is 1. The van der Waals surface area contributed by atoms with E-state index in [-0.39, 0.29) is 5.91 Å². The van der Waals surface area contributed by atoms with Gasteiger partial charge in [0.05, 0.1) is 5.56 Å². The SMILES string of the molecule is Cc1ccc(CNC(=O)c2cc[nH]c2)cc1. The van der Waals surface area contributed by atoms with Crippen LogP contribution in [0.15, 0.2) is 42.7 Å². The van der Waals surface area contributed by atoms with E-state index < -0.39 is 0 Å². The van der Waals surface area contributed by atoms with Crippen molar-refractivity contribution in [3.8, 4) is 0 Å². The van der Waals surface area contributed by atoms with Gasteiger partial charge in [-0.05, 0) is 18.6 Å². The number of hydrogen-bond donors (Lipinski definition) is 2. The number of carbonyl (C=O) groups excluding carboxylic acids is 1. The second kappa shape index (κ2) is 4.66. The van der Waals surface area contributed by atoms with Crippen molar-refractivity contribution in [1.29, 1.82) is 0 Å². The number of aromatic amines is 1. The summed E-state index contributed by atoms with van der Waals surface area (Å²) in [5.41, 5.74) is 2.99. The molecule has 2 rings (SSSR count). The van der Waals surface area contributed by atoms with Gasteiger partial charge in [0.25, 0.3) is 5.91 Å². The molecule has 0 unspecified atom stereocenters. The average molecular weight is 214 g/mol. The highest BCUT2D eigenvalue weighted by Crippen LogP contribution is 2.03. The Morgan fingerprint density at radius 3 is 2.62 bits per heavy atom. The van der Waals surface area contributed by atoms with Crippen molar-refractivity contribution in [1.82, 2.24) is 10.3 Å². The van der Waals surface area contributed by atoms with Crippen LogP contribution in [0.2, 0.25) is 0 Å². The summed E-state index contributed by atoms with van der Waals surface area (Å²) in [6.45, 7) is 2.60. The summed E-state index contributed by atoms with van der Waals surface area (Å²) in [6, 6.07) is 9.87. The molecular formula is C13H14N2O. The zero-order valence-corrected chi connectivity index (χ0v) is 9.16. The van der Waals surface area contributed by atoms with Gasteiger partial charge in [-0.15, -0.1) is 0 Å². The number of aryl methyl sites for hydroxylation is 1. The smallest absolute Gasteiger partial charge is 0.253 e. The molecule has 0 saturated heterocycles. The monoisotopic (exact) mass is 214 g/mol. The number of nitrogens with one attached hydrogen (secondary N) is 2. The Kier molecular flexibility index (Phi) is 3.05. The maximum atomic E-state index is 11.6. The Hall–Kier alpha value is -2.03. The standard InChI is InChI=1S/C13H14N2O/c1-10-2-4-11(5-3-10)8-15-13(16)12-6-7-14-9-12/h2-7,9,14H,8H2,1H3,(H,15,16). The van der Waals surface area contributed by atoms with Gasteiger partial charge in [-0.3, -0.25) is 4.79 Å².